The van der Waals surface area contributed by atoms with Crippen LogP contribution >= 0.6 is 11.6 Å². The predicted molar refractivity (Wildman–Crippen MR) is 103 cm³/mol. The molecule has 0 bridgehead atoms. The van der Waals surface area contributed by atoms with Gasteiger partial charge < -0.3 is 14.6 Å². The van der Waals surface area contributed by atoms with E-state index in [2.05, 4.69) is 13.8 Å². The maximum Gasteiger partial charge on any atom is 0.267 e. The fourth-order valence-corrected chi connectivity index (χ4v) is 2.71. The zero-order valence-electron chi connectivity index (χ0n) is 15.5. The molecule has 2 aromatic carbocycles. The van der Waals surface area contributed by atoms with Crippen molar-refractivity contribution < 1.29 is 23.4 Å². The smallest absolute Gasteiger partial charge is 0.267 e. The molecule has 0 aliphatic carbocycles. The summed E-state index contributed by atoms with van der Waals surface area (Å²) in [6.07, 6.45) is -3.80. The number of rotatable bonds is 10. The van der Waals surface area contributed by atoms with Crippen molar-refractivity contribution in [3.8, 4) is 11.5 Å². The molecule has 0 aromatic heterocycles. The molecule has 1 atom stereocenters. The van der Waals surface area contributed by atoms with Crippen LogP contribution in [0.1, 0.15) is 31.4 Å². The van der Waals surface area contributed by atoms with Crippen LogP contribution in [-0.4, -0.2) is 36.7 Å². The van der Waals surface area contributed by atoms with Crippen LogP contribution in [0.5, 0.6) is 11.5 Å². The van der Waals surface area contributed by atoms with Gasteiger partial charge in [-0.25, -0.2) is 8.78 Å². The van der Waals surface area contributed by atoms with E-state index in [0.29, 0.717) is 18.2 Å². The minimum absolute atomic E-state index is 0.254. The van der Waals surface area contributed by atoms with Crippen LogP contribution < -0.4 is 9.47 Å². The molecule has 0 heterocycles. The van der Waals surface area contributed by atoms with Crippen molar-refractivity contribution in [2.24, 2.45) is 0 Å². The maximum atomic E-state index is 12.3. The Morgan fingerprint density at radius 1 is 0.926 bits per heavy atom. The normalized spacial score (nSPS) is 12.9. The van der Waals surface area contributed by atoms with Crippen LogP contribution in [0.25, 0.3) is 0 Å². The Hall–Kier alpha value is -1.85. The standard InChI is InChI=1S/C21H25ClF2O3/c1-21(2,15-4-8-17(9-5-15)26-13-3-12-22)16-6-10-18(11-7-16)27-14-19(25)20(23)24/h4-11,19-20,25H,3,12-14H2,1-2H3/t19-/m0/s1. The minimum atomic E-state index is -2.81. The Kier molecular flexibility index (Phi) is 7.87. The zero-order chi connectivity index (χ0) is 19.9. The third-order valence-electron chi connectivity index (χ3n) is 4.41. The van der Waals surface area contributed by atoms with E-state index in [1.54, 1.807) is 12.1 Å². The molecule has 0 saturated heterocycles. The average Bonchev–Trinajstić information content (AvgIpc) is 2.67. The van der Waals surface area contributed by atoms with Gasteiger partial charge in [-0.05, 0) is 41.8 Å². The first-order valence-electron chi connectivity index (χ1n) is 8.83. The molecule has 2 aromatic rings. The Bertz CT molecular complexity index is 688. The summed E-state index contributed by atoms with van der Waals surface area (Å²) in [7, 11) is 0. The molecule has 3 nitrogen and oxygen atoms in total. The molecule has 2 rings (SSSR count). The second-order valence-electron chi connectivity index (χ2n) is 6.78. The lowest BCUT2D eigenvalue weighted by molar-refractivity contribution is -0.0283. The Morgan fingerprint density at radius 3 is 1.85 bits per heavy atom. The van der Waals surface area contributed by atoms with Gasteiger partial charge in [-0.1, -0.05) is 38.1 Å². The number of hydrogen-bond donors (Lipinski definition) is 1. The molecule has 0 radical (unpaired) electrons. The van der Waals surface area contributed by atoms with Gasteiger partial charge in [0.25, 0.3) is 6.43 Å². The van der Waals surface area contributed by atoms with Crippen LogP contribution in [0.15, 0.2) is 48.5 Å². The summed E-state index contributed by atoms with van der Waals surface area (Å²) in [5.41, 5.74) is 1.92. The first-order chi connectivity index (χ1) is 12.8. The van der Waals surface area contributed by atoms with Gasteiger partial charge in [0.15, 0.2) is 0 Å². The van der Waals surface area contributed by atoms with Crippen molar-refractivity contribution in [3.63, 3.8) is 0 Å². The molecule has 0 saturated carbocycles. The molecule has 148 valence electrons. The summed E-state index contributed by atoms with van der Waals surface area (Å²) >= 11 is 5.65. The predicted octanol–water partition coefficient (Wildman–Crippen LogP) is 5.03. The average molecular weight is 399 g/mol. The summed E-state index contributed by atoms with van der Waals surface area (Å²) in [4.78, 5) is 0. The van der Waals surface area contributed by atoms with Gasteiger partial charge in [0.05, 0.1) is 6.61 Å². The summed E-state index contributed by atoms with van der Waals surface area (Å²) < 4.78 is 35.5. The molecule has 0 fully saturated rings. The summed E-state index contributed by atoms with van der Waals surface area (Å²) in [6.45, 7) is 4.36. The van der Waals surface area contributed by atoms with Crippen molar-refractivity contribution in [2.45, 2.75) is 38.2 Å². The van der Waals surface area contributed by atoms with Gasteiger partial charge in [-0.3, -0.25) is 0 Å². The van der Waals surface area contributed by atoms with Gasteiger partial charge in [0, 0.05) is 11.3 Å². The molecule has 0 spiro atoms. The van der Waals surface area contributed by atoms with Crippen LogP contribution in [0.4, 0.5) is 8.78 Å². The van der Waals surface area contributed by atoms with Crippen LogP contribution in [0, 0.1) is 0 Å². The zero-order valence-corrected chi connectivity index (χ0v) is 16.3. The highest BCUT2D eigenvalue weighted by Crippen LogP contribution is 2.33. The van der Waals surface area contributed by atoms with Crippen molar-refractivity contribution in [1.29, 1.82) is 0 Å². The molecule has 1 N–H and O–H groups in total. The van der Waals surface area contributed by atoms with Crippen LogP contribution in [0.3, 0.4) is 0 Å². The van der Waals surface area contributed by atoms with Crippen LogP contribution in [0.2, 0.25) is 0 Å². The molecule has 0 aliphatic rings. The Balaban J connectivity index is 2.03. The topological polar surface area (TPSA) is 38.7 Å². The summed E-state index contributed by atoms with van der Waals surface area (Å²) in [5, 5.41) is 9.12. The molecule has 27 heavy (non-hydrogen) atoms. The van der Waals surface area contributed by atoms with Crippen molar-refractivity contribution in [2.75, 3.05) is 19.1 Å². The third-order valence-corrected chi connectivity index (χ3v) is 4.68. The van der Waals surface area contributed by atoms with Gasteiger partial charge >= 0.3 is 0 Å². The van der Waals surface area contributed by atoms with Crippen molar-refractivity contribution in [3.05, 3.63) is 59.7 Å². The number of aliphatic hydroxyl groups excluding tert-OH is 1. The van der Waals surface area contributed by atoms with Gasteiger partial charge in [-0.15, -0.1) is 11.6 Å². The van der Waals surface area contributed by atoms with Crippen molar-refractivity contribution in [1.82, 2.24) is 0 Å². The molecular weight excluding hydrogens is 374 g/mol. The lowest BCUT2D eigenvalue weighted by Crippen LogP contribution is -2.25. The number of aliphatic hydroxyl groups is 1. The van der Waals surface area contributed by atoms with Gasteiger partial charge in [0.1, 0.15) is 24.2 Å². The molecule has 6 heteroatoms. The van der Waals surface area contributed by atoms with E-state index in [-0.39, 0.29) is 5.41 Å². The number of alkyl halides is 3. The molecule has 0 amide bonds. The van der Waals surface area contributed by atoms with E-state index in [1.165, 1.54) is 0 Å². The second kappa shape index (κ2) is 9.90. The quantitative estimate of drug-likeness (QED) is 0.451. The third kappa shape index (κ3) is 6.08. The SMILES string of the molecule is CC(C)(c1ccc(OCCCCl)cc1)c1ccc(OC[C@H](O)C(F)F)cc1. The van der Waals surface area contributed by atoms with E-state index < -0.39 is 19.1 Å². The second-order valence-corrected chi connectivity index (χ2v) is 7.16. The Morgan fingerprint density at radius 2 is 1.41 bits per heavy atom. The number of hydrogen-bond acceptors (Lipinski definition) is 3. The summed E-state index contributed by atoms with van der Waals surface area (Å²) in [5.74, 6) is 1.82. The fraction of sp³-hybridized carbons (Fsp3) is 0.429. The van der Waals surface area contributed by atoms with Gasteiger partial charge in [0.2, 0.25) is 0 Å². The lowest BCUT2D eigenvalue weighted by Gasteiger charge is -2.26. The molecular formula is C21H25ClF2O3. The first-order valence-corrected chi connectivity index (χ1v) is 9.37. The number of ether oxygens (including phenoxy) is 2. The van der Waals surface area contributed by atoms with E-state index in [0.717, 1.165) is 23.3 Å². The summed E-state index contributed by atoms with van der Waals surface area (Å²) in [6, 6.07) is 15.2. The number of halogens is 3. The van der Waals surface area contributed by atoms with E-state index in [1.807, 2.05) is 36.4 Å². The lowest BCUT2D eigenvalue weighted by atomic mass is 9.78. The fourth-order valence-electron chi connectivity index (χ4n) is 2.60. The van der Waals surface area contributed by atoms with E-state index >= 15 is 0 Å². The Labute approximate surface area is 163 Å². The monoisotopic (exact) mass is 398 g/mol. The maximum absolute atomic E-state index is 12.3. The number of benzene rings is 2. The highest BCUT2D eigenvalue weighted by molar-refractivity contribution is 6.17. The largest absolute Gasteiger partial charge is 0.494 e. The minimum Gasteiger partial charge on any atom is -0.494 e. The highest BCUT2D eigenvalue weighted by atomic mass is 35.5. The first kappa shape index (κ1) is 21.5. The van der Waals surface area contributed by atoms with Crippen molar-refractivity contribution >= 4 is 11.6 Å². The molecule has 0 unspecified atom stereocenters. The van der Waals surface area contributed by atoms with Crippen LogP contribution in [-0.2, 0) is 5.41 Å². The van der Waals surface area contributed by atoms with E-state index in [9.17, 15) is 8.78 Å². The molecule has 0 aliphatic heterocycles. The highest BCUT2D eigenvalue weighted by Gasteiger charge is 2.23. The van der Waals surface area contributed by atoms with E-state index in [4.69, 9.17) is 26.2 Å². The van der Waals surface area contributed by atoms with Gasteiger partial charge in [-0.2, -0.15) is 0 Å².